The fourth-order valence-corrected chi connectivity index (χ4v) is 5.73. The van der Waals surface area contributed by atoms with Gasteiger partial charge in [-0.05, 0) is 32.4 Å². The molecule has 2 saturated heterocycles. The lowest BCUT2D eigenvalue weighted by molar-refractivity contribution is -0.126. The largest absolute Gasteiger partial charge is 0.354 e. The number of piperazine rings is 1. The molecule has 0 aromatic carbocycles. The van der Waals surface area contributed by atoms with E-state index in [4.69, 9.17) is 0 Å². The van der Waals surface area contributed by atoms with Gasteiger partial charge >= 0.3 is 0 Å². The average molecular weight is 438 g/mol. The van der Waals surface area contributed by atoms with E-state index in [9.17, 15) is 13.2 Å². The van der Waals surface area contributed by atoms with Crippen molar-refractivity contribution in [2.24, 2.45) is 5.92 Å². The van der Waals surface area contributed by atoms with Gasteiger partial charge in [0.2, 0.25) is 15.9 Å². The maximum absolute atomic E-state index is 12.7. The minimum Gasteiger partial charge on any atom is -0.354 e. The van der Waals surface area contributed by atoms with Crippen LogP contribution in [-0.2, 0) is 21.4 Å². The summed E-state index contributed by atoms with van der Waals surface area (Å²) in [5.41, 5.74) is 1.02. The zero-order valence-corrected chi connectivity index (χ0v) is 19.0. The highest BCUT2D eigenvalue weighted by Crippen LogP contribution is 2.22. The summed E-state index contributed by atoms with van der Waals surface area (Å²) >= 11 is 0. The number of pyridine rings is 1. The fourth-order valence-electron chi connectivity index (χ4n) is 4.05. The number of unbranched alkanes of at least 4 members (excludes halogenated alkanes) is 1. The Morgan fingerprint density at radius 2 is 1.87 bits per heavy atom. The fraction of sp³-hybridized carbons (Fsp3) is 0.714. The number of rotatable bonds is 8. The van der Waals surface area contributed by atoms with Crippen LogP contribution in [-0.4, -0.2) is 80.6 Å². The Hall–Kier alpha value is -1.71. The minimum absolute atomic E-state index is 0.00814. The summed E-state index contributed by atoms with van der Waals surface area (Å²) in [5.74, 6) is 1.03. The third-order valence-corrected chi connectivity index (χ3v) is 8.05. The van der Waals surface area contributed by atoms with Crippen molar-refractivity contribution in [1.29, 1.82) is 0 Å². The predicted octanol–water partition coefficient (Wildman–Crippen LogP) is 1.29. The predicted molar refractivity (Wildman–Crippen MR) is 119 cm³/mol. The molecule has 0 radical (unpaired) electrons. The summed E-state index contributed by atoms with van der Waals surface area (Å²) in [6.45, 7) is 7.17. The third kappa shape index (κ3) is 5.92. The van der Waals surface area contributed by atoms with Crippen LogP contribution in [0.15, 0.2) is 18.3 Å². The molecule has 2 aliphatic rings. The molecule has 1 N–H and O–H groups in total. The van der Waals surface area contributed by atoms with Crippen molar-refractivity contribution in [1.82, 2.24) is 19.5 Å². The molecule has 0 spiro atoms. The first-order chi connectivity index (χ1) is 14.4. The number of anilines is 1. The molecule has 1 aromatic rings. The van der Waals surface area contributed by atoms with Gasteiger partial charge in [-0.1, -0.05) is 19.4 Å². The maximum atomic E-state index is 12.7. The Morgan fingerprint density at radius 1 is 1.17 bits per heavy atom. The minimum atomic E-state index is -3.19. The maximum Gasteiger partial charge on any atom is 0.223 e. The lowest BCUT2D eigenvalue weighted by atomic mass is 9.97. The number of carbonyl (C=O) groups excluding carboxylic acids is 1. The summed E-state index contributed by atoms with van der Waals surface area (Å²) in [5, 5.41) is 3.06. The molecule has 3 heterocycles. The Morgan fingerprint density at radius 3 is 2.53 bits per heavy atom. The molecule has 1 aromatic heterocycles. The van der Waals surface area contributed by atoms with Gasteiger partial charge in [0.1, 0.15) is 5.82 Å². The van der Waals surface area contributed by atoms with Crippen molar-refractivity contribution < 1.29 is 13.2 Å². The molecule has 2 fully saturated rings. The number of hydrogen-bond donors (Lipinski definition) is 1. The van der Waals surface area contributed by atoms with E-state index in [0.29, 0.717) is 38.9 Å². The lowest BCUT2D eigenvalue weighted by Crippen LogP contribution is -2.45. The molecule has 0 unspecified atom stereocenters. The molecule has 0 atom stereocenters. The normalized spacial score (nSPS) is 19.7. The van der Waals surface area contributed by atoms with Crippen molar-refractivity contribution >= 4 is 21.7 Å². The van der Waals surface area contributed by atoms with Crippen LogP contribution in [0.1, 0.15) is 38.2 Å². The van der Waals surface area contributed by atoms with E-state index >= 15 is 0 Å². The molecule has 3 rings (SSSR count). The number of piperidine rings is 1. The number of hydrogen-bond acceptors (Lipinski definition) is 6. The van der Waals surface area contributed by atoms with Gasteiger partial charge in [0, 0.05) is 63.5 Å². The lowest BCUT2D eigenvalue weighted by Gasteiger charge is -2.34. The van der Waals surface area contributed by atoms with Crippen molar-refractivity contribution in [3.63, 3.8) is 0 Å². The first kappa shape index (κ1) is 23.0. The molecule has 0 saturated carbocycles. The van der Waals surface area contributed by atoms with Crippen LogP contribution < -0.4 is 10.2 Å². The molecule has 0 aliphatic carbocycles. The highest BCUT2D eigenvalue weighted by Gasteiger charge is 2.30. The third-order valence-electron chi connectivity index (χ3n) is 6.10. The van der Waals surface area contributed by atoms with E-state index in [2.05, 4.69) is 27.1 Å². The Kier molecular flexibility index (Phi) is 8.07. The molecule has 1 amide bonds. The molecule has 0 bridgehead atoms. The molecule has 9 heteroatoms. The van der Waals surface area contributed by atoms with Gasteiger partial charge in [0.25, 0.3) is 0 Å². The van der Waals surface area contributed by atoms with Crippen LogP contribution >= 0.6 is 0 Å². The number of carbonyl (C=O) groups is 1. The van der Waals surface area contributed by atoms with E-state index in [1.807, 2.05) is 19.1 Å². The summed E-state index contributed by atoms with van der Waals surface area (Å²) < 4.78 is 26.3. The number of likely N-dealkylation sites (N-methyl/N-ethyl adjacent to an activating group) is 1. The summed E-state index contributed by atoms with van der Waals surface area (Å²) in [6, 6.07) is 3.92. The molecule has 2 aliphatic heterocycles. The van der Waals surface area contributed by atoms with Crippen molar-refractivity contribution in [3.8, 4) is 0 Å². The SMILES string of the molecule is CCCCS(=O)(=O)N1CCC(C(=O)NCc2cccnc2N2CCN(C)CC2)CC1. The van der Waals surface area contributed by atoms with Crippen molar-refractivity contribution in [2.75, 3.05) is 57.0 Å². The van der Waals surface area contributed by atoms with Crippen molar-refractivity contribution in [2.45, 2.75) is 39.2 Å². The topological polar surface area (TPSA) is 85.8 Å². The first-order valence-corrected chi connectivity index (χ1v) is 12.6. The molecule has 8 nitrogen and oxygen atoms in total. The highest BCUT2D eigenvalue weighted by molar-refractivity contribution is 7.89. The van der Waals surface area contributed by atoms with Crippen LogP contribution in [0.5, 0.6) is 0 Å². The Labute approximate surface area is 180 Å². The standard InChI is InChI=1S/C21H35N5O3S/c1-3-4-16-30(28,29)26-10-7-18(8-11-26)21(27)23-17-19-6-5-9-22-20(19)25-14-12-24(2)13-15-25/h5-6,9,18H,3-4,7-8,10-17H2,1-2H3,(H,23,27). The van der Waals surface area contributed by atoms with Gasteiger partial charge in [0.05, 0.1) is 5.75 Å². The zero-order valence-electron chi connectivity index (χ0n) is 18.2. The van der Waals surface area contributed by atoms with Gasteiger partial charge in [0.15, 0.2) is 0 Å². The monoisotopic (exact) mass is 437 g/mol. The zero-order chi connectivity index (χ0) is 21.6. The first-order valence-electron chi connectivity index (χ1n) is 11.0. The van der Waals surface area contributed by atoms with Crippen LogP contribution in [0.4, 0.5) is 5.82 Å². The Balaban J connectivity index is 1.51. The van der Waals surface area contributed by atoms with Gasteiger partial charge in [-0.25, -0.2) is 17.7 Å². The van der Waals surface area contributed by atoms with Gasteiger partial charge in [-0.3, -0.25) is 4.79 Å². The van der Waals surface area contributed by atoms with E-state index in [1.54, 1.807) is 10.5 Å². The van der Waals surface area contributed by atoms with Crippen molar-refractivity contribution in [3.05, 3.63) is 23.9 Å². The quantitative estimate of drug-likeness (QED) is 0.660. The number of amides is 1. The van der Waals surface area contributed by atoms with Crippen LogP contribution in [0.25, 0.3) is 0 Å². The highest BCUT2D eigenvalue weighted by atomic mass is 32.2. The van der Waals surface area contributed by atoms with Gasteiger partial charge < -0.3 is 15.1 Å². The van der Waals surface area contributed by atoms with Gasteiger partial charge in [-0.2, -0.15) is 0 Å². The second-order valence-corrected chi connectivity index (χ2v) is 10.4. The second-order valence-electron chi connectivity index (χ2n) is 8.34. The number of nitrogens with one attached hydrogen (secondary N) is 1. The van der Waals surface area contributed by atoms with Crippen LogP contribution in [0.3, 0.4) is 0 Å². The summed E-state index contributed by atoms with van der Waals surface area (Å²) in [4.78, 5) is 21.9. The van der Waals surface area contributed by atoms with E-state index < -0.39 is 10.0 Å². The summed E-state index contributed by atoms with van der Waals surface area (Å²) in [7, 11) is -1.07. The van der Waals surface area contributed by atoms with E-state index in [-0.39, 0.29) is 17.6 Å². The molecule has 168 valence electrons. The molecular weight excluding hydrogens is 402 g/mol. The smallest absolute Gasteiger partial charge is 0.223 e. The average Bonchev–Trinajstić information content (AvgIpc) is 2.77. The molecule has 30 heavy (non-hydrogen) atoms. The summed E-state index contributed by atoms with van der Waals surface area (Å²) in [6.07, 6.45) is 4.50. The van der Waals surface area contributed by atoms with Crippen LogP contribution in [0.2, 0.25) is 0 Å². The number of sulfonamides is 1. The number of nitrogens with zero attached hydrogens (tertiary/aromatic N) is 4. The Bertz CT molecular complexity index is 801. The van der Waals surface area contributed by atoms with E-state index in [1.165, 1.54) is 0 Å². The number of aromatic nitrogens is 1. The second kappa shape index (κ2) is 10.5. The van der Waals surface area contributed by atoms with Gasteiger partial charge in [-0.15, -0.1) is 0 Å². The van der Waals surface area contributed by atoms with Crippen LogP contribution in [0, 0.1) is 5.92 Å². The molecular formula is C21H35N5O3S. The van der Waals surface area contributed by atoms with E-state index in [0.717, 1.165) is 44.0 Å².